The second-order valence-electron chi connectivity index (χ2n) is 3.17. The number of hydrogen-bond acceptors (Lipinski definition) is 5. The van der Waals surface area contributed by atoms with Gasteiger partial charge >= 0.3 is 11.8 Å². The number of carbonyl (C=O) groups excluding carboxylic acids is 1. The zero-order valence-electron chi connectivity index (χ0n) is 8.71. The first-order valence-corrected chi connectivity index (χ1v) is 4.79. The molecule has 0 fully saturated rings. The lowest BCUT2D eigenvalue weighted by Gasteiger charge is -2.05. The Bertz CT molecular complexity index is 417. The van der Waals surface area contributed by atoms with Crippen LogP contribution in [0.1, 0.15) is 19.4 Å². The number of methoxy groups -OCH3 is 1. The van der Waals surface area contributed by atoms with Crippen molar-refractivity contribution < 1.29 is 14.5 Å². The number of aromatic nitrogens is 2. The van der Waals surface area contributed by atoms with Gasteiger partial charge in [-0.25, -0.2) is 0 Å². The smallest absolute Gasteiger partial charge is 0.408 e. The first-order chi connectivity index (χ1) is 7.45. The molecule has 7 nitrogen and oxygen atoms in total. The van der Waals surface area contributed by atoms with Crippen LogP contribution in [0.3, 0.4) is 0 Å². The van der Waals surface area contributed by atoms with Gasteiger partial charge in [0.1, 0.15) is 0 Å². The van der Waals surface area contributed by atoms with Crippen molar-refractivity contribution in [1.82, 2.24) is 9.78 Å². The van der Waals surface area contributed by atoms with Crippen LogP contribution in [0.2, 0.25) is 5.02 Å². The number of hydrogen-bond donors (Lipinski definition) is 0. The number of carbonyl (C=O) groups is 1. The van der Waals surface area contributed by atoms with Gasteiger partial charge in [-0.2, -0.15) is 4.68 Å². The van der Waals surface area contributed by atoms with E-state index in [4.69, 9.17) is 11.6 Å². The number of ether oxygens (including phenoxy) is 1. The van der Waals surface area contributed by atoms with E-state index in [1.54, 1.807) is 6.92 Å². The van der Waals surface area contributed by atoms with Crippen molar-refractivity contribution in [1.29, 1.82) is 0 Å². The predicted molar refractivity (Wildman–Crippen MR) is 55.2 cm³/mol. The average molecular weight is 248 g/mol. The van der Waals surface area contributed by atoms with Crippen LogP contribution in [0.25, 0.3) is 0 Å². The number of nitro groups is 1. The van der Waals surface area contributed by atoms with E-state index in [2.05, 4.69) is 9.84 Å². The predicted octanol–water partition coefficient (Wildman–Crippen LogP) is 1.57. The van der Waals surface area contributed by atoms with Crippen LogP contribution in [0.15, 0.2) is 6.20 Å². The molecule has 88 valence electrons. The summed E-state index contributed by atoms with van der Waals surface area (Å²) < 4.78 is 5.76. The maximum Gasteiger partial charge on any atom is 0.408 e. The molecule has 0 aliphatic rings. The Kier molecular flexibility index (Phi) is 3.83. The summed E-state index contributed by atoms with van der Waals surface area (Å²) in [6.07, 6.45) is 1.39. The standard InChI is InChI=1S/C8H10ClN3O4/c1-5(3-7(13)16-2)11-4-6(9)8(10-11)12(14)15/h4-5H,3H2,1-2H3. The van der Waals surface area contributed by atoms with E-state index >= 15 is 0 Å². The molecule has 0 saturated carbocycles. The molecule has 1 atom stereocenters. The second-order valence-corrected chi connectivity index (χ2v) is 3.57. The fourth-order valence-electron chi connectivity index (χ4n) is 1.13. The van der Waals surface area contributed by atoms with Crippen LogP contribution in [-0.4, -0.2) is 27.8 Å². The normalized spacial score (nSPS) is 12.2. The molecule has 0 aliphatic heterocycles. The van der Waals surface area contributed by atoms with Crippen molar-refractivity contribution in [3.63, 3.8) is 0 Å². The molecule has 1 heterocycles. The van der Waals surface area contributed by atoms with Gasteiger partial charge in [0.05, 0.1) is 30.9 Å². The van der Waals surface area contributed by atoms with Gasteiger partial charge in [0, 0.05) is 0 Å². The molecule has 0 radical (unpaired) electrons. The molecule has 0 N–H and O–H groups in total. The third-order valence-corrected chi connectivity index (χ3v) is 2.25. The van der Waals surface area contributed by atoms with Gasteiger partial charge in [-0.15, -0.1) is 0 Å². The van der Waals surface area contributed by atoms with Gasteiger partial charge < -0.3 is 14.9 Å². The lowest BCUT2D eigenvalue weighted by molar-refractivity contribution is -0.389. The SMILES string of the molecule is COC(=O)CC(C)n1cc(Cl)c([N+](=O)[O-])n1. The van der Waals surface area contributed by atoms with Gasteiger partial charge in [0.15, 0.2) is 5.02 Å². The second kappa shape index (κ2) is 4.93. The zero-order valence-corrected chi connectivity index (χ0v) is 9.47. The summed E-state index contributed by atoms with van der Waals surface area (Å²) in [5, 5.41) is 14.1. The molecule has 1 rings (SSSR count). The number of halogens is 1. The minimum atomic E-state index is -0.677. The van der Waals surface area contributed by atoms with Crippen molar-refractivity contribution in [3.8, 4) is 0 Å². The van der Waals surface area contributed by atoms with E-state index < -0.39 is 16.7 Å². The Morgan fingerprint density at radius 3 is 2.88 bits per heavy atom. The summed E-state index contributed by atoms with van der Waals surface area (Å²) in [4.78, 5) is 20.8. The summed E-state index contributed by atoms with van der Waals surface area (Å²) in [7, 11) is 1.27. The summed E-state index contributed by atoms with van der Waals surface area (Å²) in [6.45, 7) is 1.68. The van der Waals surface area contributed by atoms with Crippen LogP contribution in [0.5, 0.6) is 0 Å². The molecule has 0 spiro atoms. The third kappa shape index (κ3) is 2.69. The van der Waals surface area contributed by atoms with Gasteiger partial charge in [0.25, 0.3) is 0 Å². The average Bonchev–Trinajstić information content (AvgIpc) is 2.60. The first kappa shape index (κ1) is 12.4. The van der Waals surface area contributed by atoms with Crippen LogP contribution in [-0.2, 0) is 9.53 Å². The molecule has 1 unspecified atom stereocenters. The Balaban J connectivity index is 2.84. The molecule has 0 aliphatic carbocycles. The fourth-order valence-corrected chi connectivity index (χ4v) is 1.33. The van der Waals surface area contributed by atoms with E-state index in [9.17, 15) is 14.9 Å². The molecule has 0 saturated heterocycles. The van der Waals surface area contributed by atoms with Crippen molar-refractivity contribution in [2.75, 3.05) is 7.11 Å². The highest BCUT2D eigenvalue weighted by atomic mass is 35.5. The molecule has 8 heteroatoms. The first-order valence-electron chi connectivity index (χ1n) is 4.41. The van der Waals surface area contributed by atoms with E-state index in [1.165, 1.54) is 18.0 Å². The lowest BCUT2D eigenvalue weighted by atomic mass is 10.2. The molecular formula is C8H10ClN3O4. The maximum atomic E-state index is 11.0. The van der Waals surface area contributed by atoms with Gasteiger partial charge in [0.2, 0.25) is 0 Å². The van der Waals surface area contributed by atoms with Crippen LogP contribution in [0.4, 0.5) is 5.82 Å². The summed E-state index contributed by atoms with van der Waals surface area (Å²) in [5.41, 5.74) is 0. The quantitative estimate of drug-likeness (QED) is 0.458. The maximum absolute atomic E-state index is 11.0. The summed E-state index contributed by atoms with van der Waals surface area (Å²) in [6, 6.07) is -0.348. The minimum absolute atomic E-state index is 0.0540. The Morgan fingerprint density at radius 2 is 2.44 bits per heavy atom. The molecule has 1 aromatic rings. The molecule has 16 heavy (non-hydrogen) atoms. The lowest BCUT2D eigenvalue weighted by Crippen LogP contribution is -2.12. The van der Waals surface area contributed by atoms with Gasteiger partial charge in [-0.1, -0.05) is 11.6 Å². The van der Waals surface area contributed by atoms with Crippen LogP contribution in [0, 0.1) is 10.1 Å². The van der Waals surface area contributed by atoms with Crippen LogP contribution >= 0.6 is 11.6 Å². The molecule has 0 amide bonds. The van der Waals surface area contributed by atoms with Crippen molar-refractivity contribution in [2.24, 2.45) is 0 Å². The van der Waals surface area contributed by atoms with E-state index in [1.807, 2.05) is 0 Å². The Labute approximate surface area is 96.1 Å². The minimum Gasteiger partial charge on any atom is -0.469 e. The Hall–Kier alpha value is -1.63. The highest BCUT2D eigenvalue weighted by Crippen LogP contribution is 2.24. The summed E-state index contributed by atoms with van der Waals surface area (Å²) in [5.74, 6) is -0.833. The molecule has 0 bridgehead atoms. The number of esters is 1. The van der Waals surface area contributed by atoms with Crippen molar-refractivity contribution >= 4 is 23.4 Å². The highest BCUT2D eigenvalue weighted by molar-refractivity contribution is 6.32. The molecular weight excluding hydrogens is 238 g/mol. The van der Waals surface area contributed by atoms with Gasteiger partial charge in [-0.3, -0.25) is 4.79 Å². The van der Waals surface area contributed by atoms with E-state index in [0.29, 0.717) is 0 Å². The summed E-state index contributed by atoms with van der Waals surface area (Å²) >= 11 is 5.61. The highest BCUT2D eigenvalue weighted by Gasteiger charge is 2.23. The van der Waals surface area contributed by atoms with Crippen LogP contribution < -0.4 is 0 Å². The molecule has 1 aromatic heterocycles. The van der Waals surface area contributed by atoms with E-state index in [-0.39, 0.29) is 17.5 Å². The zero-order chi connectivity index (χ0) is 12.3. The van der Waals surface area contributed by atoms with Gasteiger partial charge in [-0.05, 0) is 11.8 Å². The Morgan fingerprint density at radius 1 is 1.81 bits per heavy atom. The largest absolute Gasteiger partial charge is 0.469 e. The van der Waals surface area contributed by atoms with Crippen molar-refractivity contribution in [3.05, 3.63) is 21.3 Å². The number of nitrogens with zero attached hydrogens (tertiary/aromatic N) is 3. The number of rotatable bonds is 4. The monoisotopic (exact) mass is 247 g/mol. The topological polar surface area (TPSA) is 87.3 Å². The third-order valence-electron chi connectivity index (χ3n) is 1.98. The van der Waals surface area contributed by atoms with Crippen molar-refractivity contribution in [2.45, 2.75) is 19.4 Å². The van der Waals surface area contributed by atoms with E-state index in [0.717, 1.165) is 0 Å². The fraction of sp³-hybridized carbons (Fsp3) is 0.500. The molecule has 0 aromatic carbocycles.